The molecule has 0 saturated heterocycles. The predicted octanol–water partition coefficient (Wildman–Crippen LogP) is 2.99. The zero-order valence-electron chi connectivity index (χ0n) is 14.6. The van der Waals surface area contributed by atoms with Crippen LogP contribution >= 0.6 is 0 Å². The number of rotatable bonds is 5. The Morgan fingerprint density at radius 1 is 1.28 bits per heavy atom. The van der Waals surface area contributed by atoms with E-state index in [0.717, 1.165) is 5.56 Å². The topological polar surface area (TPSA) is 72.8 Å². The standard InChI is InChI=1S/C20H22O5/c1-5-8-20-10-15(25-4)18(22)17(19(20)23)16(11(20)2)12-6-7-13(21)14(9-12)24-3/h5-7,9-11,16-17,21H,1,8H2,2-4H3/t11-,16+,17-,20-/m0/s1. The lowest BCUT2D eigenvalue weighted by Gasteiger charge is -2.31. The molecule has 2 aliphatic rings. The van der Waals surface area contributed by atoms with Crippen molar-refractivity contribution in [1.82, 2.24) is 0 Å². The largest absolute Gasteiger partial charge is 0.504 e. The van der Waals surface area contributed by atoms with Gasteiger partial charge in [-0.15, -0.1) is 6.58 Å². The van der Waals surface area contributed by atoms with Gasteiger partial charge in [-0.05, 0) is 36.1 Å². The SMILES string of the molecule is C=CC[C@@]12C=C(OC)C(=O)[C@@H](C1=O)[C@@H](c1ccc(O)c(OC)c1)[C@@H]2C. The lowest BCUT2D eigenvalue weighted by atomic mass is 9.71. The van der Waals surface area contributed by atoms with Crippen LogP contribution in [0.15, 0.2) is 42.7 Å². The van der Waals surface area contributed by atoms with Gasteiger partial charge in [-0.3, -0.25) is 9.59 Å². The maximum absolute atomic E-state index is 13.1. The quantitative estimate of drug-likeness (QED) is 0.658. The molecule has 1 aromatic carbocycles. The summed E-state index contributed by atoms with van der Waals surface area (Å²) >= 11 is 0. The Bertz CT molecular complexity index is 778. The maximum atomic E-state index is 13.1. The number of carbonyl (C=O) groups excluding carboxylic acids is 2. The van der Waals surface area contributed by atoms with Gasteiger partial charge in [0.15, 0.2) is 23.0 Å². The predicted molar refractivity (Wildman–Crippen MR) is 92.4 cm³/mol. The Morgan fingerprint density at radius 2 is 2.00 bits per heavy atom. The second-order valence-corrected chi connectivity index (χ2v) is 6.70. The van der Waals surface area contributed by atoms with Gasteiger partial charge >= 0.3 is 0 Å². The first-order valence-corrected chi connectivity index (χ1v) is 8.24. The molecule has 3 rings (SSSR count). The molecule has 0 aliphatic heterocycles. The Labute approximate surface area is 146 Å². The zero-order chi connectivity index (χ0) is 18.4. The second kappa shape index (κ2) is 6.06. The lowest BCUT2D eigenvalue weighted by molar-refractivity contribution is -0.136. The van der Waals surface area contributed by atoms with Crippen molar-refractivity contribution in [2.75, 3.05) is 14.2 Å². The second-order valence-electron chi connectivity index (χ2n) is 6.70. The first-order chi connectivity index (χ1) is 11.9. The summed E-state index contributed by atoms with van der Waals surface area (Å²) in [6.45, 7) is 5.76. The summed E-state index contributed by atoms with van der Waals surface area (Å²) in [5, 5.41) is 9.85. The summed E-state index contributed by atoms with van der Waals surface area (Å²) in [5.41, 5.74) is 0.00658. The molecule has 0 spiro atoms. The minimum absolute atomic E-state index is 0.0223. The van der Waals surface area contributed by atoms with Crippen LogP contribution in [0.4, 0.5) is 0 Å². The van der Waals surface area contributed by atoms with Gasteiger partial charge in [0.2, 0.25) is 5.78 Å². The molecule has 0 amide bonds. The number of methoxy groups -OCH3 is 2. The van der Waals surface area contributed by atoms with Crippen molar-refractivity contribution in [2.24, 2.45) is 17.3 Å². The Morgan fingerprint density at radius 3 is 2.60 bits per heavy atom. The molecule has 2 aliphatic carbocycles. The zero-order valence-corrected chi connectivity index (χ0v) is 14.6. The normalized spacial score (nSPS) is 30.8. The van der Waals surface area contributed by atoms with Crippen molar-refractivity contribution in [1.29, 1.82) is 0 Å². The van der Waals surface area contributed by atoms with Crippen molar-refractivity contribution in [3.63, 3.8) is 0 Å². The molecule has 25 heavy (non-hydrogen) atoms. The van der Waals surface area contributed by atoms with Gasteiger partial charge in [0.25, 0.3) is 0 Å². The number of allylic oxidation sites excluding steroid dienone is 3. The number of phenols is 1. The average Bonchev–Trinajstić information content (AvgIpc) is 2.75. The number of fused-ring (bicyclic) bond motifs is 2. The fraction of sp³-hybridized carbons (Fsp3) is 0.400. The third-order valence-corrected chi connectivity index (χ3v) is 5.66. The maximum Gasteiger partial charge on any atom is 0.208 e. The van der Waals surface area contributed by atoms with Gasteiger partial charge in [-0.1, -0.05) is 19.1 Å². The summed E-state index contributed by atoms with van der Waals surface area (Å²) < 4.78 is 10.4. The van der Waals surface area contributed by atoms with E-state index in [1.54, 1.807) is 24.3 Å². The summed E-state index contributed by atoms with van der Waals surface area (Å²) in [7, 11) is 2.92. The van der Waals surface area contributed by atoms with E-state index in [1.807, 2.05) is 6.92 Å². The van der Waals surface area contributed by atoms with Crippen LogP contribution in [-0.2, 0) is 14.3 Å². The monoisotopic (exact) mass is 342 g/mol. The van der Waals surface area contributed by atoms with Gasteiger partial charge in [0, 0.05) is 5.92 Å². The van der Waals surface area contributed by atoms with Crippen LogP contribution in [0.1, 0.15) is 24.8 Å². The summed E-state index contributed by atoms with van der Waals surface area (Å²) in [5.74, 6) is -0.989. The van der Waals surface area contributed by atoms with Crippen LogP contribution in [0.2, 0.25) is 0 Å². The minimum Gasteiger partial charge on any atom is -0.504 e. The van der Waals surface area contributed by atoms with Crippen molar-refractivity contribution in [3.05, 3.63) is 48.3 Å². The summed E-state index contributed by atoms with van der Waals surface area (Å²) in [6, 6.07) is 4.98. The molecule has 0 unspecified atom stereocenters. The van der Waals surface area contributed by atoms with Crippen molar-refractivity contribution in [3.8, 4) is 11.5 Å². The van der Waals surface area contributed by atoms with Crippen molar-refractivity contribution < 1.29 is 24.2 Å². The number of phenolic OH excluding ortho intramolecular Hbond substituents is 1. The highest BCUT2D eigenvalue weighted by molar-refractivity contribution is 6.17. The molecule has 1 fully saturated rings. The van der Waals surface area contributed by atoms with Crippen molar-refractivity contribution >= 4 is 11.6 Å². The number of hydrogen-bond donors (Lipinski definition) is 1. The van der Waals surface area contributed by atoms with E-state index >= 15 is 0 Å². The van der Waals surface area contributed by atoms with Gasteiger partial charge in [0.1, 0.15) is 0 Å². The fourth-order valence-electron chi connectivity index (χ4n) is 4.36. The van der Waals surface area contributed by atoms with Crippen LogP contribution in [-0.4, -0.2) is 30.9 Å². The molecule has 5 heteroatoms. The molecular formula is C20H22O5. The molecule has 0 aromatic heterocycles. The van der Waals surface area contributed by atoms with Crippen LogP contribution in [0, 0.1) is 17.3 Å². The van der Waals surface area contributed by atoms with E-state index in [4.69, 9.17) is 9.47 Å². The number of ketones is 2. The van der Waals surface area contributed by atoms with E-state index in [-0.39, 0.29) is 34.9 Å². The Balaban J connectivity index is 2.16. The highest BCUT2D eigenvalue weighted by Crippen LogP contribution is 2.59. The fourth-order valence-corrected chi connectivity index (χ4v) is 4.36. The Hall–Kier alpha value is -2.56. The number of benzene rings is 1. The first kappa shape index (κ1) is 17.3. The molecule has 1 saturated carbocycles. The van der Waals surface area contributed by atoms with Crippen LogP contribution < -0.4 is 4.74 Å². The minimum atomic E-state index is -0.790. The lowest BCUT2D eigenvalue weighted by Crippen LogP contribution is -2.38. The Kier molecular flexibility index (Phi) is 4.19. The smallest absolute Gasteiger partial charge is 0.208 e. The van der Waals surface area contributed by atoms with Gasteiger partial charge in [0.05, 0.1) is 25.6 Å². The number of hydrogen-bond acceptors (Lipinski definition) is 5. The summed E-state index contributed by atoms with van der Waals surface area (Å²) in [6.07, 6.45) is 3.85. The molecule has 2 bridgehead atoms. The third-order valence-electron chi connectivity index (χ3n) is 5.66. The molecule has 0 heterocycles. The third kappa shape index (κ3) is 2.29. The van der Waals surface area contributed by atoms with Crippen LogP contribution in [0.3, 0.4) is 0 Å². The van der Waals surface area contributed by atoms with Gasteiger partial charge < -0.3 is 14.6 Å². The number of ether oxygens (including phenoxy) is 2. The molecule has 5 nitrogen and oxygen atoms in total. The van der Waals surface area contributed by atoms with Gasteiger partial charge in [-0.25, -0.2) is 0 Å². The van der Waals surface area contributed by atoms with E-state index in [2.05, 4.69) is 6.58 Å². The molecule has 0 radical (unpaired) electrons. The molecule has 1 N–H and O–H groups in total. The van der Waals surface area contributed by atoms with Crippen molar-refractivity contribution in [2.45, 2.75) is 19.3 Å². The van der Waals surface area contributed by atoms with Crippen LogP contribution in [0.5, 0.6) is 11.5 Å². The van der Waals surface area contributed by atoms with E-state index in [1.165, 1.54) is 20.3 Å². The average molecular weight is 342 g/mol. The van der Waals surface area contributed by atoms with Crippen LogP contribution in [0.25, 0.3) is 0 Å². The highest BCUT2D eigenvalue weighted by Gasteiger charge is 2.62. The van der Waals surface area contributed by atoms with Gasteiger partial charge in [-0.2, -0.15) is 0 Å². The highest BCUT2D eigenvalue weighted by atomic mass is 16.5. The molecule has 132 valence electrons. The molecular weight excluding hydrogens is 320 g/mol. The molecule has 4 atom stereocenters. The van der Waals surface area contributed by atoms with E-state index in [0.29, 0.717) is 12.2 Å². The number of Topliss-reactive ketones (excluding diaryl/α,β-unsaturated/α-hetero) is 2. The first-order valence-electron chi connectivity index (χ1n) is 8.24. The van der Waals surface area contributed by atoms with E-state index < -0.39 is 11.3 Å². The summed E-state index contributed by atoms with van der Waals surface area (Å²) in [4.78, 5) is 25.9. The number of aromatic hydroxyl groups is 1. The molecule has 1 aromatic rings. The number of carbonyl (C=O) groups is 2. The van der Waals surface area contributed by atoms with E-state index in [9.17, 15) is 14.7 Å².